The van der Waals surface area contributed by atoms with Gasteiger partial charge in [-0.25, -0.2) is 0 Å². The van der Waals surface area contributed by atoms with Crippen LogP contribution in [-0.2, 0) is 0 Å². The third-order valence-electron chi connectivity index (χ3n) is 2.97. The molecule has 1 aliphatic rings. The van der Waals surface area contributed by atoms with E-state index in [-0.39, 0.29) is 5.54 Å². The molecule has 2 rings (SSSR count). The van der Waals surface area contributed by atoms with Crippen molar-refractivity contribution in [2.45, 2.75) is 38.1 Å². The maximum absolute atomic E-state index is 5.95. The minimum absolute atomic E-state index is 0.0310. The molecule has 82 valence electrons. The quantitative estimate of drug-likeness (QED) is 0.820. The van der Waals surface area contributed by atoms with Gasteiger partial charge in [0.25, 0.3) is 0 Å². The summed E-state index contributed by atoms with van der Waals surface area (Å²) in [5.74, 6) is 1.50. The molecule has 0 aliphatic heterocycles. The topological polar surface area (TPSA) is 35.2 Å². The molecule has 15 heavy (non-hydrogen) atoms. The van der Waals surface area contributed by atoms with E-state index in [0.717, 1.165) is 18.6 Å². The summed E-state index contributed by atoms with van der Waals surface area (Å²) in [5.41, 5.74) is 7.26. The van der Waals surface area contributed by atoms with E-state index in [1.165, 1.54) is 5.56 Å². The SMILES string of the molecule is CC(C)c1ccc(OCC2(N)CC2)cc1. The highest BCUT2D eigenvalue weighted by molar-refractivity contribution is 5.29. The molecule has 0 spiro atoms. The third kappa shape index (κ3) is 2.72. The van der Waals surface area contributed by atoms with Crippen molar-refractivity contribution in [2.24, 2.45) is 5.73 Å². The van der Waals surface area contributed by atoms with Gasteiger partial charge in [0.1, 0.15) is 12.4 Å². The van der Waals surface area contributed by atoms with Crippen LogP contribution < -0.4 is 10.5 Å². The monoisotopic (exact) mass is 205 g/mol. The van der Waals surface area contributed by atoms with E-state index >= 15 is 0 Å². The highest BCUT2D eigenvalue weighted by Crippen LogP contribution is 2.32. The van der Waals surface area contributed by atoms with Crippen molar-refractivity contribution in [3.8, 4) is 5.75 Å². The number of hydrogen-bond donors (Lipinski definition) is 1. The van der Waals surface area contributed by atoms with Crippen molar-refractivity contribution < 1.29 is 4.74 Å². The maximum atomic E-state index is 5.95. The van der Waals surface area contributed by atoms with Gasteiger partial charge in [0, 0.05) is 0 Å². The van der Waals surface area contributed by atoms with Crippen LogP contribution in [0.5, 0.6) is 5.75 Å². The predicted molar refractivity (Wildman–Crippen MR) is 62.2 cm³/mol. The first-order chi connectivity index (χ1) is 7.09. The first kappa shape index (κ1) is 10.5. The second-order valence-corrected chi connectivity index (χ2v) is 4.87. The maximum Gasteiger partial charge on any atom is 0.119 e. The van der Waals surface area contributed by atoms with Crippen LogP contribution in [0.15, 0.2) is 24.3 Å². The molecule has 0 heterocycles. The van der Waals surface area contributed by atoms with E-state index in [9.17, 15) is 0 Å². The third-order valence-corrected chi connectivity index (χ3v) is 2.97. The van der Waals surface area contributed by atoms with Crippen LogP contribution in [0.4, 0.5) is 0 Å². The molecule has 0 bridgehead atoms. The lowest BCUT2D eigenvalue weighted by atomic mass is 10.0. The Morgan fingerprint density at radius 2 is 1.87 bits per heavy atom. The summed E-state index contributed by atoms with van der Waals surface area (Å²) in [6, 6.07) is 8.30. The molecule has 0 amide bonds. The Bertz CT molecular complexity index is 325. The molecule has 0 aromatic heterocycles. The average Bonchev–Trinajstić information content (AvgIpc) is 2.95. The molecule has 0 saturated heterocycles. The number of nitrogens with two attached hydrogens (primary N) is 1. The molecular weight excluding hydrogens is 186 g/mol. The Labute approximate surface area is 91.4 Å². The van der Waals surface area contributed by atoms with Crippen LogP contribution in [-0.4, -0.2) is 12.1 Å². The lowest BCUT2D eigenvalue weighted by Gasteiger charge is -2.12. The number of ether oxygens (including phenoxy) is 1. The smallest absolute Gasteiger partial charge is 0.119 e. The molecule has 1 aromatic rings. The molecule has 1 fully saturated rings. The molecule has 1 aromatic carbocycles. The minimum atomic E-state index is -0.0310. The van der Waals surface area contributed by atoms with Crippen LogP contribution in [0.1, 0.15) is 38.2 Å². The van der Waals surface area contributed by atoms with Crippen LogP contribution in [0.3, 0.4) is 0 Å². The highest BCUT2D eigenvalue weighted by atomic mass is 16.5. The lowest BCUT2D eigenvalue weighted by Crippen LogP contribution is -2.29. The normalized spacial score (nSPS) is 17.9. The Morgan fingerprint density at radius 1 is 1.27 bits per heavy atom. The van der Waals surface area contributed by atoms with E-state index in [4.69, 9.17) is 10.5 Å². The van der Waals surface area contributed by atoms with Crippen LogP contribution in [0.2, 0.25) is 0 Å². The van der Waals surface area contributed by atoms with E-state index in [0.29, 0.717) is 12.5 Å². The minimum Gasteiger partial charge on any atom is -0.492 e. The molecule has 0 radical (unpaired) electrons. The second-order valence-electron chi connectivity index (χ2n) is 4.87. The van der Waals surface area contributed by atoms with Crippen LogP contribution in [0.25, 0.3) is 0 Å². The van der Waals surface area contributed by atoms with E-state index < -0.39 is 0 Å². The molecule has 2 N–H and O–H groups in total. The van der Waals surface area contributed by atoms with Gasteiger partial charge in [0.2, 0.25) is 0 Å². The van der Waals surface area contributed by atoms with Gasteiger partial charge in [0.15, 0.2) is 0 Å². The van der Waals surface area contributed by atoms with Crippen LogP contribution in [0, 0.1) is 0 Å². The fraction of sp³-hybridized carbons (Fsp3) is 0.538. The fourth-order valence-corrected chi connectivity index (χ4v) is 1.48. The summed E-state index contributed by atoms with van der Waals surface area (Å²) in [4.78, 5) is 0. The average molecular weight is 205 g/mol. The fourth-order valence-electron chi connectivity index (χ4n) is 1.48. The van der Waals surface area contributed by atoms with Gasteiger partial charge >= 0.3 is 0 Å². The first-order valence-corrected chi connectivity index (χ1v) is 5.61. The Balaban J connectivity index is 1.92. The van der Waals surface area contributed by atoms with Crippen molar-refractivity contribution in [1.29, 1.82) is 0 Å². The molecular formula is C13H19NO. The van der Waals surface area contributed by atoms with Gasteiger partial charge in [-0.15, -0.1) is 0 Å². The molecule has 1 saturated carbocycles. The zero-order valence-electron chi connectivity index (χ0n) is 9.49. The zero-order chi connectivity index (χ0) is 10.9. The molecule has 0 atom stereocenters. The summed E-state index contributed by atoms with van der Waals surface area (Å²) in [5, 5.41) is 0. The molecule has 2 heteroatoms. The number of rotatable bonds is 4. The van der Waals surface area contributed by atoms with Gasteiger partial charge in [-0.3, -0.25) is 0 Å². The van der Waals surface area contributed by atoms with Crippen molar-refractivity contribution in [3.05, 3.63) is 29.8 Å². The van der Waals surface area contributed by atoms with E-state index in [2.05, 4.69) is 26.0 Å². The predicted octanol–water partition coefficient (Wildman–Crippen LogP) is 2.68. The van der Waals surface area contributed by atoms with Gasteiger partial charge in [0.05, 0.1) is 5.54 Å². The van der Waals surface area contributed by atoms with Gasteiger partial charge in [-0.1, -0.05) is 26.0 Å². The van der Waals surface area contributed by atoms with Gasteiger partial charge in [-0.05, 0) is 36.5 Å². The standard InChI is InChI=1S/C13H19NO/c1-10(2)11-3-5-12(6-4-11)15-9-13(14)7-8-13/h3-6,10H,7-9,14H2,1-2H3. The van der Waals surface area contributed by atoms with Crippen molar-refractivity contribution in [2.75, 3.05) is 6.61 Å². The lowest BCUT2D eigenvalue weighted by molar-refractivity contribution is 0.279. The summed E-state index contributed by atoms with van der Waals surface area (Å²) in [7, 11) is 0. The highest BCUT2D eigenvalue weighted by Gasteiger charge is 2.39. The number of benzene rings is 1. The van der Waals surface area contributed by atoms with Gasteiger partial charge < -0.3 is 10.5 Å². The summed E-state index contributed by atoms with van der Waals surface area (Å²) in [6.45, 7) is 5.03. The Morgan fingerprint density at radius 3 is 2.33 bits per heavy atom. The zero-order valence-corrected chi connectivity index (χ0v) is 9.49. The molecule has 1 aliphatic carbocycles. The largest absolute Gasteiger partial charge is 0.492 e. The second kappa shape index (κ2) is 3.86. The van der Waals surface area contributed by atoms with Crippen molar-refractivity contribution >= 4 is 0 Å². The Kier molecular flexibility index (Phi) is 2.70. The van der Waals surface area contributed by atoms with E-state index in [1.807, 2.05) is 12.1 Å². The van der Waals surface area contributed by atoms with Crippen LogP contribution >= 0.6 is 0 Å². The number of hydrogen-bond acceptors (Lipinski definition) is 2. The molecule has 2 nitrogen and oxygen atoms in total. The van der Waals surface area contributed by atoms with Gasteiger partial charge in [-0.2, -0.15) is 0 Å². The summed E-state index contributed by atoms with van der Waals surface area (Å²) < 4.78 is 5.64. The van der Waals surface area contributed by atoms with Crippen molar-refractivity contribution in [1.82, 2.24) is 0 Å². The first-order valence-electron chi connectivity index (χ1n) is 5.61. The summed E-state index contributed by atoms with van der Waals surface area (Å²) in [6.07, 6.45) is 2.19. The van der Waals surface area contributed by atoms with Crippen molar-refractivity contribution in [3.63, 3.8) is 0 Å². The Hall–Kier alpha value is -1.02. The van der Waals surface area contributed by atoms with E-state index in [1.54, 1.807) is 0 Å². The summed E-state index contributed by atoms with van der Waals surface area (Å²) >= 11 is 0. The molecule has 0 unspecified atom stereocenters.